The van der Waals surface area contributed by atoms with Gasteiger partial charge in [0.05, 0.1) is 16.4 Å². The van der Waals surface area contributed by atoms with Gasteiger partial charge in [-0.3, -0.25) is 5.43 Å². The predicted octanol–water partition coefficient (Wildman–Crippen LogP) is 4.10. The van der Waals surface area contributed by atoms with Crippen LogP contribution in [0.5, 0.6) is 0 Å². The van der Waals surface area contributed by atoms with Gasteiger partial charge >= 0.3 is 0 Å². The van der Waals surface area contributed by atoms with Gasteiger partial charge in [0.1, 0.15) is 5.76 Å². The number of hydrazone groups is 1. The highest BCUT2D eigenvalue weighted by molar-refractivity contribution is 9.10. The predicted molar refractivity (Wildman–Crippen MR) is 77.2 cm³/mol. The number of nitrogens with zero attached hydrogens (tertiary/aromatic N) is 2. The highest BCUT2D eigenvalue weighted by atomic mass is 79.9. The molecule has 0 fully saturated rings. The Balaban J connectivity index is 1.74. The van der Waals surface area contributed by atoms with Gasteiger partial charge in [-0.25, -0.2) is 4.98 Å². The first-order chi connectivity index (χ1) is 8.81. The zero-order valence-corrected chi connectivity index (χ0v) is 11.5. The summed E-state index contributed by atoms with van der Waals surface area (Å²) in [6, 6.07) is 11.6. The van der Waals surface area contributed by atoms with Gasteiger partial charge in [-0.2, -0.15) is 5.10 Å². The Morgan fingerprint density at radius 1 is 1.28 bits per heavy atom. The number of hydrogen-bond donors (Lipinski definition) is 1. The lowest BCUT2D eigenvalue weighted by molar-refractivity contribution is 0.534. The second kappa shape index (κ2) is 4.91. The summed E-state index contributed by atoms with van der Waals surface area (Å²) in [6.07, 6.45) is 1.61. The van der Waals surface area contributed by atoms with Crippen LogP contribution in [0.1, 0.15) is 5.76 Å². The number of para-hydroxylation sites is 1. The lowest BCUT2D eigenvalue weighted by Gasteiger charge is -1.90. The molecule has 6 heteroatoms. The molecule has 3 aromatic rings. The van der Waals surface area contributed by atoms with E-state index in [1.807, 2.05) is 36.4 Å². The van der Waals surface area contributed by atoms with Gasteiger partial charge in [-0.15, -0.1) is 0 Å². The highest BCUT2D eigenvalue weighted by Crippen LogP contribution is 2.25. The largest absolute Gasteiger partial charge is 0.448 e. The van der Waals surface area contributed by atoms with Crippen LogP contribution in [0.3, 0.4) is 0 Å². The van der Waals surface area contributed by atoms with E-state index in [1.54, 1.807) is 17.6 Å². The molecule has 3 rings (SSSR count). The summed E-state index contributed by atoms with van der Waals surface area (Å²) in [4.78, 5) is 4.40. The molecule has 0 saturated heterocycles. The van der Waals surface area contributed by atoms with Gasteiger partial charge in [0.15, 0.2) is 4.67 Å². The van der Waals surface area contributed by atoms with E-state index in [0.29, 0.717) is 10.4 Å². The Kier molecular flexibility index (Phi) is 3.12. The Morgan fingerprint density at radius 3 is 2.94 bits per heavy atom. The lowest BCUT2D eigenvalue weighted by atomic mass is 10.3. The van der Waals surface area contributed by atoms with Gasteiger partial charge < -0.3 is 4.42 Å². The molecule has 0 amide bonds. The number of anilines is 1. The van der Waals surface area contributed by atoms with Gasteiger partial charge in [0.25, 0.3) is 0 Å². The molecule has 1 aromatic carbocycles. The molecule has 0 aliphatic rings. The first-order valence-electron chi connectivity index (χ1n) is 5.21. The minimum Gasteiger partial charge on any atom is -0.448 e. The molecule has 0 saturated carbocycles. The number of benzene rings is 1. The Hall–Kier alpha value is -1.66. The van der Waals surface area contributed by atoms with E-state index in [4.69, 9.17) is 4.42 Å². The van der Waals surface area contributed by atoms with Crippen molar-refractivity contribution in [3.05, 3.63) is 46.8 Å². The van der Waals surface area contributed by atoms with E-state index >= 15 is 0 Å². The van der Waals surface area contributed by atoms with Gasteiger partial charge in [0.2, 0.25) is 5.13 Å². The zero-order valence-electron chi connectivity index (χ0n) is 9.13. The van der Waals surface area contributed by atoms with E-state index in [1.165, 1.54) is 0 Å². The van der Waals surface area contributed by atoms with Crippen LogP contribution < -0.4 is 5.43 Å². The smallest absolute Gasteiger partial charge is 0.204 e. The number of fused-ring (bicyclic) bond motifs is 1. The van der Waals surface area contributed by atoms with Crippen molar-refractivity contribution in [1.29, 1.82) is 0 Å². The van der Waals surface area contributed by atoms with E-state index in [0.717, 1.165) is 15.3 Å². The SMILES string of the molecule is Brc1ccc(C=NNc2nc3ccccc3s2)o1. The molecule has 90 valence electrons. The summed E-state index contributed by atoms with van der Waals surface area (Å²) in [6.45, 7) is 0. The Bertz CT molecular complexity index is 671. The van der Waals surface area contributed by atoms with Gasteiger partial charge in [0, 0.05) is 0 Å². The fraction of sp³-hybridized carbons (Fsp3) is 0. The quantitative estimate of drug-likeness (QED) is 0.583. The van der Waals surface area contributed by atoms with Crippen molar-refractivity contribution in [2.24, 2.45) is 5.10 Å². The van der Waals surface area contributed by atoms with E-state index < -0.39 is 0 Å². The monoisotopic (exact) mass is 321 g/mol. The number of nitrogens with one attached hydrogen (secondary N) is 1. The maximum absolute atomic E-state index is 5.29. The number of furan rings is 1. The highest BCUT2D eigenvalue weighted by Gasteiger charge is 2.01. The molecular weight excluding hydrogens is 314 g/mol. The van der Waals surface area contributed by atoms with E-state index in [9.17, 15) is 0 Å². The van der Waals surface area contributed by atoms with Crippen molar-refractivity contribution >= 4 is 48.8 Å². The Morgan fingerprint density at radius 2 is 2.17 bits per heavy atom. The molecule has 2 aromatic heterocycles. The van der Waals surface area contributed by atoms with Crippen LogP contribution in [0.2, 0.25) is 0 Å². The molecule has 18 heavy (non-hydrogen) atoms. The third kappa shape index (κ3) is 2.44. The minimum absolute atomic E-state index is 0.676. The van der Waals surface area contributed by atoms with Crippen LogP contribution in [0.25, 0.3) is 10.2 Å². The molecule has 0 spiro atoms. The molecule has 0 aliphatic heterocycles. The number of thiazole rings is 1. The van der Waals surface area contributed by atoms with Crippen molar-refractivity contribution in [3.8, 4) is 0 Å². The van der Waals surface area contributed by atoms with E-state index in [2.05, 4.69) is 31.4 Å². The number of hydrogen-bond acceptors (Lipinski definition) is 5. The zero-order chi connectivity index (χ0) is 12.4. The normalized spacial score (nSPS) is 11.4. The molecule has 1 N–H and O–H groups in total. The third-order valence-electron chi connectivity index (χ3n) is 2.24. The van der Waals surface area contributed by atoms with Crippen molar-refractivity contribution in [3.63, 3.8) is 0 Å². The van der Waals surface area contributed by atoms with Crippen LogP contribution in [0.15, 0.2) is 50.6 Å². The molecule has 2 heterocycles. The average Bonchev–Trinajstić information content (AvgIpc) is 2.95. The fourth-order valence-corrected chi connectivity index (χ4v) is 2.60. The van der Waals surface area contributed by atoms with E-state index in [-0.39, 0.29) is 0 Å². The molecule has 0 bridgehead atoms. The van der Waals surface area contributed by atoms with Gasteiger partial charge in [-0.05, 0) is 40.2 Å². The molecule has 0 radical (unpaired) electrons. The van der Waals surface area contributed by atoms with Crippen LogP contribution in [0.4, 0.5) is 5.13 Å². The average molecular weight is 322 g/mol. The van der Waals surface area contributed by atoms with Crippen LogP contribution in [0, 0.1) is 0 Å². The summed E-state index contributed by atoms with van der Waals surface area (Å²) >= 11 is 4.79. The molecular formula is C12H8BrN3OS. The lowest BCUT2D eigenvalue weighted by Crippen LogP contribution is -1.88. The molecule has 0 unspecified atom stereocenters. The summed E-state index contributed by atoms with van der Waals surface area (Å²) in [5.41, 5.74) is 3.87. The fourth-order valence-electron chi connectivity index (χ4n) is 1.47. The second-order valence-electron chi connectivity index (χ2n) is 3.50. The van der Waals surface area contributed by atoms with Crippen LogP contribution in [-0.2, 0) is 0 Å². The summed E-state index contributed by atoms with van der Waals surface area (Å²) in [5, 5.41) is 4.84. The molecule has 0 aliphatic carbocycles. The number of aromatic nitrogens is 1. The molecule has 0 atom stereocenters. The Labute approximate surface area is 115 Å². The van der Waals surface area contributed by atoms with Crippen molar-refractivity contribution in [2.75, 3.05) is 5.43 Å². The van der Waals surface area contributed by atoms with Crippen molar-refractivity contribution in [1.82, 2.24) is 4.98 Å². The van der Waals surface area contributed by atoms with Crippen molar-refractivity contribution < 1.29 is 4.42 Å². The second-order valence-corrected chi connectivity index (χ2v) is 5.31. The maximum atomic E-state index is 5.29. The maximum Gasteiger partial charge on any atom is 0.204 e. The topological polar surface area (TPSA) is 50.4 Å². The first-order valence-corrected chi connectivity index (χ1v) is 6.82. The standard InChI is InChI=1S/C12H8BrN3OS/c13-11-6-5-8(17-11)7-14-16-12-15-9-3-1-2-4-10(9)18-12/h1-7H,(H,15,16). The minimum atomic E-state index is 0.676. The van der Waals surface area contributed by atoms with Gasteiger partial charge in [-0.1, -0.05) is 23.5 Å². The van der Waals surface area contributed by atoms with Crippen LogP contribution in [-0.4, -0.2) is 11.2 Å². The van der Waals surface area contributed by atoms with Crippen molar-refractivity contribution in [2.45, 2.75) is 0 Å². The summed E-state index contributed by atoms with van der Waals surface area (Å²) < 4.78 is 7.11. The third-order valence-corrected chi connectivity index (χ3v) is 3.61. The van der Waals surface area contributed by atoms with Crippen LogP contribution >= 0.6 is 27.3 Å². The summed E-state index contributed by atoms with van der Waals surface area (Å²) in [7, 11) is 0. The summed E-state index contributed by atoms with van der Waals surface area (Å²) in [5.74, 6) is 0.676. The number of rotatable bonds is 3. The molecule has 4 nitrogen and oxygen atoms in total. The first kappa shape index (κ1) is 11.4. The number of halogens is 1.